The van der Waals surface area contributed by atoms with Crippen molar-refractivity contribution in [3.05, 3.63) is 11.6 Å². The summed E-state index contributed by atoms with van der Waals surface area (Å²) < 4.78 is 0. The van der Waals surface area contributed by atoms with Crippen LogP contribution in [-0.2, 0) is 0 Å². The molecule has 0 aromatic carbocycles. The number of hydrogen-bond donors (Lipinski definition) is 2. The minimum absolute atomic E-state index is 0.0267. The first-order valence-electron chi connectivity index (χ1n) is 13.7. The quantitative estimate of drug-likeness (QED) is 0.440. The van der Waals surface area contributed by atoms with Gasteiger partial charge >= 0.3 is 0 Å². The van der Waals surface area contributed by atoms with Crippen LogP contribution < -0.4 is 0 Å². The van der Waals surface area contributed by atoms with E-state index in [9.17, 15) is 10.2 Å². The molecule has 2 nitrogen and oxygen atoms in total. The summed E-state index contributed by atoms with van der Waals surface area (Å²) in [6, 6.07) is 0. The Hall–Kier alpha value is -0.340. The first kappa shape index (κ1) is 24.8. The second-order valence-corrected chi connectivity index (χ2v) is 14.4. The molecule has 0 amide bonds. The van der Waals surface area contributed by atoms with E-state index in [2.05, 4.69) is 61.5 Å². The zero-order valence-electron chi connectivity index (χ0n) is 22.4. The molecule has 4 aliphatic rings. The van der Waals surface area contributed by atoms with Crippen molar-refractivity contribution in [2.24, 2.45) is 45.3 Å². The average molecular weight is 445 g/mol. The van der Waals surface area contributed by atoms with Crippen LogP contribution in [0, 0.1) is 45.3 Å². The molecule has 184 valence electrons. The van der Waals surface area contributed by atoms with Gasteiger partial charge in [-0.05, 0) is 130 Å². The van der Waals surface area contributed by atoms with Crippen LogP contribution in [-0.4, -0.2) is 21.9 Å². The summed E-state index contributed by atoms with van der Waals surface area (Å²) in [5.74, 6) is 2.45. The van der Waals surface area contributed by atoms with Gasteiger partial charge in [0.2, 0.25) is 0 Å². The number of aliphatic hydroxyl groups excluding tert-OH is 1. The van der Waals surface area contributed by atoms with Gasteiger partial charge in [0.25, 0.3) is 0 Å². The molecule has 32 heavy (non-hydrogen) atoms. The third kappa shape index (κ3) is 3.40. The van der Waals surface area contributed by atoms with E-state index in [1.165, 1.54) is 50.5 Å². The predicted octanol–water partition coefficient (Wildman–Crippen LogP) is 7.53. The molecule has 2 heteroatoms. The van der Waals surface area contributed by atoms with Crippen molar-refractivity contribution in [1.29, 1.82) is 0 Å². The van der Waals surface area contributed by atoms with E-state index in [1.54, 1.807) is 0 Å². The molecule has 0 aromatic rings. The minimum Gasteiger partial charge on any atom is -0.393 e. The molecular formula is C30H52O2. The molecule has 4 saturated carbocycles. The highest BCUT2D eigenvalue weighted by Crippen LogP contribution is 2.75. The van der Waals surface area contributed by atoms with Gasteiger partial charge in [-0.2, -0.15) is 0 Å². The summed E-state index contributed by atoms with van der Waals surface area (Å²) in [4.78, 5) is 0. The number of fused-ring (bicyclic) bond motifs is 5. The fourth-order valence-corrected chi connectivity index (χ4v) is 10.3. The summed E-state index contributed by atoms with van der Waals surface area (Å²) in [7, 11) is 0. The molecule has 1 unspecified atom stereocenters. The summed E-state index contributed by atoms with van der Waals surface area (Å²) in [5.41, 5.74) is 1.84. The topological polar surface area (TPSA) is 40.5 Å². The molecule has 4 rings (SSSR count). The fourth-order valence-electron chi connectivity index (χ4n) is 10.3. The monoisotopic (exact) mass is 444 g/mol. The second-order valence-electron chi connectivity index (χ2n) is 14.4. The molecule has 4 fully saturated rings. The largest absolute Gasteiger partial charge is 0.393 e. The first-order chi connectivity index (χ1) is 14.7. The van der Waals surface area contributed by atoms with E-state index in [1.807, 2.05) is 0 Å². The molecule has 2 N–H and O–H groups in total. The van der Waals surface area contributed by atoms with Crippen molar-refractivity contribution >= 4 is 0 Å². The standard InChI is InChI=1S/C30H52O2/c1-20(2)10-9-16-30(8,32)22-13-18-28(6)21(22)11-12-24-27(5)17-15-25(31)26(3,4)23(27)14-19-29(24,28)7/h10,21-25,31-32H,9,11-19H2,1-8H3/t21-,22+,23?,24-,25+,27+,28+,29-,30+/m1/s1. The van der Waals surface area contributed by atoms with Gasteiger partial charge < -0.3 is 10.2 Å². The van der Waals surface area contributed by atoms with Crippen molar-refractivity contribution in [3.8, 4) is 0 Å². The Morgan fingerprint density at radius 2 is 1.53 bits per heavy atom. The van der Waals surface area contributed by atoms with E-state index in [-0.39, 0.29) is 11.5 Å². The van der Waals surface area contributed by atoms with E-state index < -0.39 is 5.60 Å². The van der Waals surface area contributed by atoms with E-state index in [0.29, 0.717) is 34.0 Å². The summed E-state index contributed by atoms with van der Waals surface area (Å²) in [6.45, 7) is 19.0. The lowest BCUT2D eigenvalue weighted by Crippen LogP contribution is -2.64. The van der Waals surface area contributed by atoms with Crippen LogP contribution >= 0.6 is 0 Å². The van der Waals surface area contributed by atoms with Gasteiger partial charge in [-0.15, -0.1) is 0 Å². The summed E-state index contributed by atoms with van der Waals surface area (Å²) in [5, 5.41) is 22.5. The van der Waals surface area contributed by atoms with E-state index >= 15 is 0 Å². The number of hydrogen-bond acceptors (Lipinski definition) is 2. The fraction of sp³-hybridized carbons (Fsp3) is 0.933. The van der Waals surface area contributed by atoms with Gasteiger partial charge in [-0.25, -0.2) is 0 Å². The zero-order valence-corrected chi connectivity index (χ0v) is 22.4. The van der Waals surface area contributed by atoms with Crippen LogP contribution in [0.15, 0.2) is 11.6 Å². The van der Waals surface area contributed by atoms with Gasteiger partial charge in [0.15, 0.2) is 0 Å². The van der Waals surface area contributed by atoms with Crippen molar-refractivity contribution in [2.75, 3.05) is 0 Å². The van der Waals surface area contributed by atoms with Crippen LogP contribution in [0.1, 0.15) is 120 Å². The van der Waals surface area contributed by atoms with E-state index in [0.717, 1.165) is 25.2 Å². The predicted molar refractivity (Wildman–Crippen MR) is 134 cm³/mol. The highest BCUT2D eigenvalue weighted by atomic mass is 16.3. The van der Waals surface area contributed by atoms with Gasteiger partial charge in [-0.3, -0.25) is 0 Å². The first-order valence-corrected chi connectivity index (χ1v) is 13.7. The third-order valence-corrected chi connectivity index (χ3v) is 12.4. The van der Waals surface area contributed by atoms with Crippen molar-refractivity contribution in [2.45, 2.75) is 131 Å². The number of aliphatic hydroxyl groups is 2. The van der Waals surface area contributed by atoms with Crippen LogP contribution in [0.3, 0.4) is 0 Å². The lowest BCUT2D eigenvalue weighted by molar-refractivity contribution is -0.225. The number of rotatable bonds is 4. The lowest BCUT2D eigenvalue weighted by atomic mass is 9.35. The lowest BCUT2D eigenvalue weighted by Gasteiger charge is -2.70. The second kappa shape index (κ2) is 7.84. The smallest absolute Gasteiger partial charge is 0.0653 e. The Labute approximate surface area is 198 Å². The average Bonchev–Trinajstić information content (AvgIpc) is 3.04. The van der Waals surface area contributed by atoms with Gasteiger partial charge in [0.05, 0.1) is 11.7 Å². The maximum atomic E-state index is 11.6. The molecule has 9 atom stereocenters. The van der Waals surface area contributed by atoms with Crippen molar-refractivity contribution in [3.63, 3.8) is 0 Å². The third-order valence-electron chi connectivity index (χ3n) is 12.4. The molecule has 0 aliphatic heterocycles. The molecule has 0 heterocycles. The molecule has 0 bridgehead atoms. The zero-order chi connectivity index (χ0) is 23.7. The highest BCUT2D eigenvalue weighted by Gasteiger charge is 2.69. The molecule has 0 aromatic heterocycles. The maximum absolute atomic E-state index is 11.6. The van der Waals surface area contributed by atoms with Crippen LogP contribution in [0.25, 0.3) is 0 Å². The summed E-state index contributed by atoms with van der Waals surface area (Å²) >= 11 is 0. The van der Waals surface area contributed by atoms with Gasteiger partial charge in [0, 0.05) is 0 Å². The van der Waals surface area contributed by atoms with E-state index in [4.69, 9.17) is 0 Å². The Kier molecular flexibility index (Phi) is 6.07. The summed E-state index contributed by atoms with van der Waals surface area (Å²) in [6.07, 6.45) is 13.8. The van der Waals surface area contributed by atoms with Crippen molar-refractivity contribution < 1.29 is 10.2 Å². The molecule has 0 spiro atoms. The van der Waals surface area contributed by atoms with Crippen LogP contribution in [0.5, 0.6) is 0 Å². The maximum Gasteiger partial charge on any atom is 0.0653 e. The Morgan fingerprint density at radius 3 is 2.19 bits per heavy atom. The molecule has 0 radical (unpaired) electrons. The molecule has 0 saturated heterocycles. The van der Waals surface area contributed by atoms with Crippen LogP contribution in [0.2, 0.25) is 0 Å². The highest BCUT2D eigenvalue weighted by molar-refractivity contribution is 5.18. The Balaban J connectivity index is 1.61. The molecule has 4 aliphatic carbocycles. The minimum atomic E-state index is -0.560. The van der Waals surface area contributed by atoms with Gasteiger partial charge in [-0.1, -0.05) is 46.3 Å². The normalized spacial score (nSPS) is 49.4. The van der Waals surface area contributed by atoms with Gasteiger partial charge in [0.1, 0.15) is 0 Å². The Morgan fingerprint density at radius 1 is 0.875 bits per heavy atom. The SMILES string of the molecule is CC(C)=CCC[C@](C)(O)[C@H]1CC[C@@]2(C)[C@@H]1CC[C@@H]1[C@@]3(C)CC[C@H](O)C(C)(C)C3CC[C@]12C. The molecular weight excluding hydrogens is 392 g/mol. The number of allylic oxidation sites excluding steroid dienone is 2. The van der Waals surface area contributed by atoms with Crippen LogP contribution in [0.4, 0.5) is 0 Å². The van der Waals surface area contributed by atoms with Crippen molar-refractivity contribution in [1.82, 2.24) is 0 Å². The Bertz CT molecular complexity index is 746.